The van der Waals surface area contributed by atoms with E-state index in [2.05, 4.69) is 19.9 Å². The van der Waals surface area contributed by atoms with E-state index in [0.29, 0.717) is 6.92 Å². The van der Waals surface area contributed by atoms with Crippen LogP contribution < -0.4 is 10.6 Å². The minimum atomic E-state index is -5.71. The lowest BCUT2D eigenvalue weighted by Crippen LogP contribution is -2.35. The van der Waals surface area contributed by atoms with E-state index in [1.807, 2.05) is 0 Å². The Balaban J connectivity index is 2.71. The Morgan fingerprint density at radius 3 is 2.26 bits per heavy atom. The molecule has 13 heteroatoms. The molecule has 0 saturated heterocycles. The summed E-state index contributed by atoms with van der Waals surface area (Å²) in [5.74, 6) is -3.04. The van der Waals surface area contributed by atoms with Gasteiger partial charge in [0, 0.05) is 4.11 Å². The lowest BCUT2D eigenvalue weighted by Gasteiger charge is -2.20. The molecule has 0 radical (unpaired) electrons. The lowest BCUT2D eigenvalue weighted by atomic mass is 10.3. The summed E-state index contributed by atoms with van der Waals surface area (Å²) >= 11 is 5.70. The maximum absolute atomic E-state index is 13.4. The molecular formula is C14H13ClF6N6. The van der Waals surface area contributed by atoms with Crippen LogP contribution in [-0.4, -0.2) is 44.3 Å². The first-order valence-electron chi connectivity index (χ1n) is 9.84. The molecule has 2 N–H and O–H groups in total. The fourth-order valence-electron chi connectivity index (χ4n) is 1.50. The molecule has 0 saturated carbocycles. The zero-order valence-corrected chi connectivity index (χ0v) is 13.8. The quantitative estimate of drug-likeness (QED) is 0.554. The molecule has 0 amide bonds. The zero-order chi connectivity index (χ0) is 25.6. The van der Waals surface area contributed by atoms with Crippen LogP contribution >= 0.6 is 11.6 Å². The van der Waals surface area contributed by atoms with Gasteiger partial charge in [-0.15, -0.1) is 0 Å². The largest absolute Gasteiger partial charge is 0.408 e. The normalized spacial score (nSPS) is 19.4. The molecule has 0 fully saturated rings. The van der Waals surface area contributed by atoms with Gasteiger partial charge in [0.05, 0.1) is 4.11 Å². The van der Waals surface area contributed by atoms with Crippen molar-refractivity contribution in [3.05, 3.63) is 23.3 Å². The molecule has 0 aliphatic heterocycles. The topological polar surface area (TPSA) is 75.6 Å². The maximum Gasteiger partial charge on any atom is 0.408 e. The molecule has 27 heavy (non-hydrogen) atoms. The van der Waals surface area contributed by atoms with Gasteiger partial charge < -0.3 is 10.6 Å². The van der Waals surface area contributed by atoms with Gasteiger partial charge in [-0.25, -0.2) is 4.98 Å². The van der Waals surface area contributed by atoms with E-state index in [1.165, 1.54) is 5.32 Å². The molecule has 0 aliphatic carbocycles. The van der Waals surface area contributed by atoms with E-state index in [1.54, 1.807) is 5.32 Å². The second kappa shape index (κ2) is 7.71. The third kappa shape index (κ3) is 5.81. The standard InChI is InChI=1S/C14H13ClF6N6/c1-6(13(16,17)18)22-11-25-10(8-4-3-5-9(15)24-8)26-12(27-11)23-7(2)14(19,20)21/h3-7H,1-2H3,(H2,22,23,25,26,27)/t6-,7-/m1/s1/i1D3,3D,4D,6D. The first-order valence-corrected chi connectivity index (χ1v) is 7.22. The summed E-state index contributed by atoms with van der Waals surface area (Å²) in [5, 5.41) is 2.67. The van der Waals surface area contributed by atoms with E-state index >= 15 is 0 Å². The lowest BCUT2D eigenvalue weighted by molar-refractivity contribution is -0.139. The molecule has 0 aliphatic rings. The number of anilines is 2. The number of alkyl halides is 6. The van der Waals surface area contributed by atoms with Crippen molar-refractivity contribution in [2.24, 2.45) is 0 Å². The van der Waals surface area contributed by atoms with E-state index in [4.69, 9.17) is 19.8 Å². The van der Waals surface area contributed by atoms with Crippen molar-refractivity contribution in [3.8, 4) is 11.5 Å². The fourth-order valence-corrected chi connectivity index (χ4v) is 1.64. The van der Waals surface area contributed by atoms with Gasteiger partial charge in [0.25, 0.3) is 0 Å². The van der Waals surface area contributed by atoms with Gasteiger partial charge in [-0.2, -0.15) is 41.3 Å². The molecular weight excluding hydrogens is 402 g/mol. The van der Waals surface area contributed by atoms with Crippen LogP contribution in [0.25, 0.3) is 11.5 Å². The Morgan fingerprint density at radius 2 is 1.70 bits per heavy atom. The average molecular weight is 421 g/mol. The minimum Gasteiger partial charge on any atom is -0.343 e. The van der Waals surface area contributed by atoms with E-state index in [-0.39, 0.29) is 5.15 Å². The summed E-state index contributed by atoms with van der Waals surface area (Å²) in [5.41, 5.74) is -0.614. The van der Waals surface area contributed by atoms with Gasteiger partial charge in [0.2, 0.25) is 11.9 Å². The van der Waals surface area contributed by atoms with Crippen molar-refractivity contribution in [3.63, 3.8) is 0 Å². The number of hydrogen-bond donors (Lipinski definition) is 2. The summed E-state index contributed by atoms with van der Waals surface area (Å²) in [6, 6.07) is -6.95. The van der Waals surface area contributed by atoms with Crippen molar-refractivity contribution >= 4 is 23.5 Å². The Bertz CT molecular complexity index is 1020. The molecule has 148 valence electrons. The number of nitrogens with one attached hydrogen (secondary N) is 2. The van der Waals surface area contributed by atoms with E-state index in [9.17, 15) is 26.3 Å². The van der Waals surface area contributed by atoms with Gasteiger partial charge in [-0.3, -0.25) is 0 Å². The molecule has 2 aromatic heterocycles. The summed E-state index contributed by atoms with van der Waals surface area (Å²) in [7, 11) is 0. The molecule has 0 spiro atoms. The molecule has 2 aromatic rings. The fraction of sp³-hybridized carbons (Fsp3) is 0.429. The predicted octanol–water partition coefficient (Wildman–Crippen LogP) is 4.31. The van der Waals surface area contributed by atoms with E-state index in [0.717, 1.165) is 6.07 Å². The second-order valence-electron chi connectivity index (χ2n) is 4.91. The van der Waals surface area contributed by atoms with Gasteiger partial charge in [-0.05, 0) is 25.9 Å². The first kappa shape index (κ1) is 13.7. The van der Waals surface area contributed by atoms with Gasteiger partial charge in [-0.1, -0.05) is 17.6 Å². The monoisotopic (exact) mass is 420 g/mol. The number of halogens is 7. The van der Waals surface area contributed by atoms with Crippen LogP contribution in [0.15, 0.2) is 18.2 Å². The Kier molecular flexibility index (Phi) is 3.92. The maximum atomic E-state index is 13.4. The highest BCUT2D eigenvalue weighted by atomic mass is 35.5. The second-order valence-corrected chi connectivity index (χ2v) is 5.30. The van der Waals surface area contributed by atoms with Crippen LogP contribution in [0.2, 0.25) is 5.15 Å². The van der Waals surface area contributed by atoms with Crippen LogP contribution in [0, 0.1) is 0 Å². The van der Waals surface area contributed by atoms with Crippen molar-refractivity contribution in [2.45, 2.75) is 38.2 Å². The highest BCUT2D eigenvalue weighted by Crippen LogP contribution is 2.26. The summed E-state index contributed by atoms with van der Waals surface area (Å²) < 4.78 is 123. The Morgan fingerprint density at radius 1 is 1.07 bits per heavy atom. The molecule has 6 nitrogen and oxygen atoms in total. The number of rotatable bonds is 5. The van der Waals surface area contributed by atoms with Crippen molar-refractivity contribution in [1.29, 1.82) is 0 Å². The van der Waals surface area contributed by atoms with Crippen molar-refractivity contribution in [2.75, 3.05) is 10.6 Å². The number of nitrogens with zero attached hydrogens (tertiary/aromatic N) is 4. The van der Waals surface area contributed by atoms with Crippen molar-refractivity contribution in [1.82, 2.24) is 19.9 Å². The number of hydrogen-bond acceptors (Lipinski definition) is 6. The van der Waals surface area contributed by atoms with Crippen LogP contribution in [0.3, 0.4) is 0 Å². The highest BCUT2D eigenvalue weighted by molar-refractivity contribution is 6.29. The SMILES string of the molecule is [2H]c1cc(Cl)nc(-c2nc(N[C@H](C)C(F)(F)F)nc(N[C@]([2H])(C([2H])([2H])[2H])C(F)(F)F)n2)c1[2H]. The highest BCUT2D eigenvalue weighted by Gasteiger charge is 2.38. The van der Waals surface area contributed by atoms with Gasteiger partial charge in [0.15, 0.2) is 5.82 Å². The molecule has 2 heterocycles. The molecule has 2 rings (SSSR count). The predicted molar refractivity (Wildman–Crippen MR) is 86.3 cm³/mol. The molecule has 0 unspecified atom stereocenters. The Hall–Kier alpha value is -2.37. The molecule has 0 aromatic carbocycles. The minimum absolute atomic E-state index is 0.369. The third-order valence-electron chi connectivity index (χ3n) is 2.80. The van der Waals surface area contributed by atoms with E-state index < -0.39 is 66.8 Å². The van der Waals surface area contributed by atoms with Crippen LogP contribution in [-0.2, 0) is 0 Å². The molecule has 2 atom stereocenters. The average Bonchev–Trinajstić information content (AvgIpc) is 2.61. The zero-order valence-electron chi connectivity index (χ0n) is 19.1. The number of pyridine rings is 1. The third-order valence-corrected chi connectivity index (χ3v) is 3.00. The van der Waals surface area contributed by atoms with Crippen LogP contribution in [0.1, 0.15) is 22.0 Å². The van der Waals surface area contributed by atoms with Crippen molar-refractivity contribution < 1.29 is 34.6 Å². The molecule has 0 bridgehead atoms. The smallest absolute Gasteiger partial charge is 0.343 e. The summed E-state index contributed by atoms with van der Waals surface area (Å²) in [4.78, 5) is 14.0. The van der Waals surface area contributed by atoms with Crippen LogP contribution in [0.4, 0.5) is 38.2 Å². The summed E-state index contributed by atoms with van der Waals surface area (Å²) in [6.45, 7) is -3.38. The van der Waals surface area contributed by atoms with Gasteiger partial charge in [0.1, 0.15) is 22.9 Å². The van der Waals surface area contributed by atoms with Crippen LogP contribution in [0.5, 0.6) is 0 Å². The van der Waals surface area contributed by atoms with Gasteiger partial charge >= 0.3 is 12.4 Å². The summed E-state index contributed by atoms with van der Waals surface area (Å²) in [6.07, 6.45) is -10.5. The number of aromatic nitrogens is 4. The first-order chi connectivity index (χ1) is 14.8. The Labute approximate surface area is 162 Å².